The molecule has 1 aliphatic heterocycles. The molecular weight excluding hydrogens is 308 g/mol. The van der Waals surface area contributed by atoms with E-state index in [1.165, 1.54) is 0 Å². The van der Waals surface area contributed by atoms with Crippen LogP contribution >= 0.6 is 24.0 Å². The predicted octanol–water partition coefficient (Wildman–Crippen LogP) is 1.82. The number of nitrogens with one attached hydrogen (secondary N) is 2. The van der Waals surface area contributed by atoms with Gasteiger partial charge in [-0.2, -0.15) is 15.1 Å². The molecule has 0 saturated carbocycles. The number of H-pyrrole nitrogens is 1. The molecule has 2 aromatic rings. The summed E-state index contributed by atoms with van der Waals surface area (Å²) in [7, 11) is 0. The number of fused-ring (bicyclic) bond motifs is 1. The van der Waals surface area contributed by atoms with Crippen molar-refractivity contribution in [2.45, 2.75) is 25.6 Å². The van der Waals surface area contributed by atoms with Gasteiger partial charge in [0.25, 0.3) is 0 Å². The summed E-state index contributed by atoms with van der Waals surface area (Å²) in [6.45, 7) is 2.84. The maximum atomic E-state index is 13.8. The second-order valence-corrected chi connectivity index (χ2v) is 4.85. The summed E-state index contributed by atoms with van der Waals surface area (Å²) in [6, 6.07) is 0. The Kier molecular flexibility index (Phi) is 4.62. The molecule has 1 saturated heterocycles. The Hall–Kier alpha value is -1.18. The molecule has 0 radical (unpaired) electrons. The van der Waals surface area contributed by atoms with Crippen molar-refractivity contribution < 1.29 is 9.13 Å². The van der Waals surface area contributed by atoms with Gasteiger partial charge in [-0.15, -0.1) is 12.4 Å². The van der Waals surface area contributed by atoms with Crippen molar-refractivity contribution in [1.29, 1.82) is 0 Å². The molecule has 20 heavy (non-hydrogen) atoms. The molecule has 9 heteroatoms. The lowest BCUT2D eigenvalue weighted by molar-refractivity contribution is 0.0706. The molecule has 1 aliphatic rings. The second-order valence-electron chi connectivity index (χ2n) is 4.51. The second kappa shape index (κ2) is 6.07. The highest BCUT2D eigenvalue weighted by atomic mass is 35.5. The molecule has 0 aliphatic carbocycles. The van der Waals surface area contributed by atoms with Gasteiger partial charge in [0.05, 0.1) is 0 Å². The van der Waals surface area contributed by atoms with Crippen LogP contribution in [0.3, 0.4) is 0 Å². The monoisotopic (exact) mass is 321 g/mol. The summed E-state index contributed by atoms with van der Waals surface area (Å²) < 4.78 is 19.5. The topological polar surface area (TPSA) is 75.7 Å². The van der Waals surface area contributed by atoms with E-state index in [0.29, 0.717) is 17.5 Å². The van der Waals surface area contributed by atoms with E-state index in [4.69, 9.17) is 16.3 Å². The third-order valence-electron chi connectivity index (χ3n) is 3.15. The van der Waals surface area contributed by atoms with E-state index >= 15 is 0 Å². The van der Waals surface area contributed by atoms with Crippen LogP contribution < -0.4 is 10.1 Å². The number of alkyl halides is 1. The molecule has 3 rings (SSSR count). The van der Waals surface area contributed by atoms with Crippen LogP contribution in [0.25, 0.3) is 11.0 Å². The molecule has 0 amide bonds. The zero-order valence-electron chi connectivity index (χ0n) is 10.7. The fourth-order valence-corrected chi connectivity index (χ4v) is 2.32. The van der Waals surface area contributed by atoms with E-state index in [9.17, 15) is 4.39 Å². The first-order chi connectivity index (χ1) is 9.15. The highest BCUT2D eigenvalue weighted by molar-refractivity contribution is 6.28. The van der Waals surface area contributed by atoms with Gasteiger partial charge in [0.1, 0.15) is 17.7 Å². The zero-order valence-corrected chi connectivity index (χ0v) is 12.3. The minimum absolute atomic E-state index is 0. The highest BCUT2D eigenvalue weighted by Gasteiger charge is 2.28. The Labute approximate surface area is 125 Å². The molecule has 0 spiro atoms. The van der Waals surface area contributed by atoms with Gasteiger partial charge in [0.2, 0.25) is 11.2 Å². The fourth-order valence-electron chi connectivity index (χ4n) is 2.16. The van der Waals surface area contributed by atoms with Gasteiger partial charge >= 0.3 is 0 Å². The van der Waals surface area contributed by atoms with Gasteiger partial charge in [-0.05, 0) is 31.5 Å². The Bertz CT molecular complexity index is 608. The molecule has 6 nitrogen and oxygen atoms in total. The third-order valence-corrected chi connectivity index (χ3v) is 3.31. The van der Waals surface area contributed by atoms with E-state index in [0.717, 1.165) is 12.2 Å². The van der Waals surface area contributed by atoms with Crippen LogP contribution in [0.2, 0.25) is 5.28 Å². The van der Waals surface area contributed by atoms with Gasteiger partial charge in [-0.3, -0.25) is 5.10 Å². The number of rotatable bonds is 2. The number of nitrogens with zero attached hydrogens (tertiary/aromatic N) is 3. The Morgan fingerprint density at radius 2 is 2.20 bits per heavy atom. The van der Waals surface area contributed by atoms with Crippen molar-refractivity contribution in [3.63, 3.8) is 0 Å². The van der Waals surface area contributed by atoms with E-state index in [2.05, 4.69) is 25.5 Å². The van der Waals surface area contributed by atoms with Gasteiger partial charge in [-0.25, -0.2) is 4.39 Å². The van der Waals surface area contributed by atoms with Crippen LogP contribution in [-0.2, 0) is 0 Å². The molecule has 2 aromatic heterocycles. The number of aromatic amines is 1. The molecule has 1 fully saturated rings. The van der Waals surface area contributed by atoms with Crippen LogP contribution in [0.5, 0.6) is 5.88 Å². The lowest BCUT2D eigenvalue weighted by Gasteiger charge is -2.27. The van der Waals surface area contributed by atoms with Gasteiger partial charge < -0.3 is 10.1 Å². The summed E-state index contributed by atoms with van der Waals surface area (Å²) >= 11 is 5.82. The Balaban J connectivity index is 0.00000147. The van der Waals surface area contributed by atoms with Crippen molar-refractivity contribution in [3.8, 4) is 5.88 Å². The maximum Gasteiger partial charge on any atom is 0.229 e. The van der Waals surface area contributed by atoms with Crippen LogP contribution in [0.4, 0.5) is 4.39 Å². The van der Waals surface area contributed by atoms with Crippen LogP contribution in [0.1, 0.15) is 12.1 Å². The average molecular weight is 322 g/mol. The van der Waals surface area contributed by atoms with Crippen LogP contribution in [0, 0.1) is 6.92 Å². The molecule has 110 valence electrons. The van der Waals surface area contributed by atoms with Gasteiger partial charge in [0.15, 0.2) is 5.65 Å². The SMILES string of the molecule is Cc1[nH]nc2nc(Cl)nc(O[C@@H]3CCNC[C@@H]3F)c12.Cl. The number of hydrogen-bond donors (Lipinski definition) is 2. The molecule has 2 atom stereocenters. The minimum atomic E-state index is -1.07. The summed E-state index contributed by atoms with van der Waals surface area (Å²) in [5.41, 5.74) is 1.20. The normalized spacial score (nSPS) is 22.6. The highest BCUT2D eigenvalue weighted by Crippen LogP contribution is 2.27. The Morgan fingerprint density at radius 1 is 1.40 bits per heavy atom. The first kappa shape index (κ1) is 15.2. The van der Waals surface area contributed by atoms with E-state index in [-0.39, 0.29) is 30.1 Å². The molecular formula is C11H14Cl2FN5O. The van der Waals surface area contributed by atoms with E-state index in [1.54, 1.807) is 0 Å². The first-order valence-corrected chi connectivity index (χ1v) is 6.42. The summed E-state index contributed by atoms with van der Waals surface area (Å²) in [6.07, 6.45) is -1.00. The number of ether oxygens (including phenoxy) is 1. The van der Waals surface area contributed by atoms with E-state index < -0.39 is 12.3 Å². The summed E-state index contributed by atoms with van der Waals surface area (Å²) in [5, 5.41) is 10.5. The quantitative estimate of drug-likeness (QED) is 0.825. The largest absolute Gasteiger partial charge is 0.471 e. The summed E-state index contributed by atoms with van der Waals surface area (Å²) in [4.78, 5) is 8.04. The number of hydrogen-bond acceptors (Lipinski definition) is 5. The fraction of sp³-hybridized carbons (Fsp3) is 0.545. The lowest BCUT2D eigenvalue weighted by atomic mass is 10.1. The molecule has 2 N–H and O–H groups in total. The lowest BCUT2D eigenvalue weighted by Crippen LogP contribution is -2.44. The zero-order chi connectivity index (χ0) is 13.4. The van der Waals surface area contributed by atoms with Crippen LogP contribution in [-0.4, -0.2) is 45.5 Å². The minimum Gasteiger partial charge on any atom is -0.471 e. The van der Waals surface area contributed by atoms with Crippen molar-refractivity contribution >= 4 is 35.0 Å². The smallest absolute Gasteiger partial charge is 0.229 e. The number of aromatic nitrogens is 4. The molecule has 0 bridgehead atoms. The van der Waals surface area contributed by atoms with Crippen LogP contribution in [0.15, 0.2) is 0 Å². The number of piperidine rings is 1. The number of halogens is 3. The van der Waals surface area contributed by atoms with Gasteiger partial charge in [-0.1, -0.05) is 0 Å². The summed E-state index contributed by atoms with van der Waals surface area (Å²) in [5.74, 6) is 0.288. The third kappa shape index (κ3) is 2.79. The Morgan fingerprint density at radius 3 is 2.95 bits per heavy atom. The van der Waals surface area contributed by atoms with Crippen molar-refractivity contribution in [1.82, 2.24) is 25.5 Å². The number of aryl methyl sites for hydroxylation is 1. The standard InChI is InChI=1S/C11H13ClFN5O.ClH/c1-5-8-9(18-17-5)15-11(12)16-10(8)19-7-2-3-14-4-6(7)13;/h6-7,14H,2-4H2,1H3,(H,15,16,17,18);1H/t6-,7+;/m0./s1. The van der Waals surface area contributed by atoms with E-state index in [1.807, 2.05) is 6.92 Å². The van der Waals surface area contributed by atoms with Gasteiger partial charge in [0, 0.05) is 12.2 Å². The first-order valence-electron chi connectivity index (χ1n) is 6.05. The maximum absolute atomic E-state index is 13.8. The van der Waals surface area contributed by atoms with Crippen molar-refractivity contribution in [2.24, 2.45) is 0 Å². The molecule has 0 aromatic carbocycles. The average Bonchev–Trinajstić information content (AvgIpc) is 2.74. The molecule has 3 heterocycles. The van der Waals surface area contributed by atoms with Crippen molar-refractivity contribution in [2.75, 3.05) is 13.1 Å². The van der Waals surface area contributed by atoms with Crippen molar-refractivity contribution in [3.05, 3.63) is 11.0 Å². The molecule has 0 unspecified atom stereocenters. The predicted molar refractivity (Wildman–Crippen MR) is 75.5 cm³/mol.